The second-order valence-corrected chi connectivity index (χ2v) is 5.97. The van der Waals surface area contributed by atoms with E-state index in [9.17, 15) is 0 Å². The molecule has 2 heterocycles. The summed E-state index contributed by atoms with van der Waals surface area (Å²) in [5.41, 5.74) is 2.33. The van der Waals surface area contributed by atoms with E-state index in [1.54, 1.807) is 11.3 Å². The molecule has 0 saturated carbocycles. The van der Waals surface area contributed by atoms with Gasteiger partial charge in [-0.3, -0.25) is 4.68 Å². The fraction of sp³-hybridized carbons (Fsp3) is 0.417. The average molecular weight is 314 g/mol. The van der Waals surface area contributed by atoms with E-state index >= 15 is 0 Å². The van der Waals surface area contributed by atoms with Crippen LogP contribution < -0.4 is 5.32 Å². The van der Waals surface area contributed by atoms with Crippen LogP contribution in [0.15, 0.2) is 22.0 Å². The Kier molecular flexibility index (Phi) is 4.01. The number of aryl methyl sites for hydroxylation is 2. The summed E-state index contributed by atoms with van der Waals surface area (Å²) < 4.78 is 3.11. The number of rotatable bonds is 4. The maximum atomic E-state index is 4.38. The maximum Gasteiger partial charge on any atom is 0.0596 e. The van der Waals surface area contributed by atoms with Crippen LogP contribution in [0.3, 0.4) is 0 Å². The molecule has 17 heavy (non-hydrogen) atoms. The minimum Gasteiger partial charge on any atom is -0.312 e. The molecule has 2 aromatic heterocycles. The Balaban J connectivity index is 2.18. The molecule has 0 spiro atoms. The Hall–Kier alpha value is -0.650. The summed E-state index contributed by atoms with van der Waals surface area (Å²) in [7, 11) is 4.00. The van der Waals surface area contributed by atoms with Gasteiger partial charge in [0.15, 0.2) is 0 Å². The van der Waals surface area contributed by atoms with Gasteiger partial charge in [0.25, 0.3) is 0 Å². The first-order chi connectivity index (χ1) is 8.10. The third kappa shape index (κ3) is 2.97. The molecule has 5 heteroatoms. The van der Waals surface area contributed by atoms with E-state index in [0.29, 0.717) is 6.04 Å². The van der Waals surface area contributed by atoms with Gasteiger partial charge in [0.1, 0.15) is 0 Å². The normalized spacial score (nSPS) is 12.9. The average Bonchev–Trinajstić information content (AvgIpc) is 2.82. The summed E-state index contributed by atoms with van der Waals surface area (Å²) in [5.74, 6) is 0. The van der Waals surface area contributed by atoms with Gasteiger partial charge in [-0.05, 0) is 42.0 Å². The standard InChI is InChI=1S/C12H16BrN3S/c1-8-4-10(16(3)15-8)6-11(14-2)12-5-9(13)7-17-12/h4-5,7,11,14H,6H2,1-3H3. The molecule has 0 aromatic carbocycles. The molecule has 2 rings (SSSR count). The van der Waals surface area contributed by atoms with Crippen LogP contribution in [0.2, 0.25) is 0 Å². The predicted molar refractivity (Wildman–Crippen MR) is 75.5 cm³/mol. The number of thiophene rings is 1. The zero-order valence-electron chi connectivity index (χ0n) is 10.2. The van der Waals surface area contributed by atoms with Gasteiger partial charge in [-0.1, -0.05) is 0 Å². The summed E-state index contributed by atoms with van der Waals surface area (Å²) in [4.78, 5) is 1.35. The highest BCUT2D eigenvalue weighted by Crippen LogP contribution is 2.27. The molecule has 0 aliphatic carbocycles. The molecule has 0 radical (unpaired) electrons. The van der Waals surface area contributed by atoms with Crippen LogP contribution in [0.25, 0.3) is 0 Å². The summed E-state index contributed by atoms with van der Waals surface area (Å²) >= 11 is 5.27. The molecule has 0 bridgehead atoms. The van der Waals surface area contributed by atoms with Crippen LogP contribution >= 0.6 is 27.3 Å². The van der Waals surface area contributed by atoms with Gasteiger partial charge in [0.05, 0.1) is 5.69 Å². The minimum absolute atomic E-state index is 0.348. The van der Waals surface area contributed by atoms with Crippen molar-refractivity contribution in [2.24, 2.45) is 7.05 Å². The van der Waals surface area contributed by atoms with Gasteiger partial charge in [0.2, 0.25) is 0 Å². The highest BCUT2D eigenvalue weighted by atomic mass is 79.9. The first-order valence-electron chi connectivity index (χ1n) is 5.51. The van der Waals surface area contributed by atoms with E-state index in [0.717, 1.165) is 16.6 Å². The number of nitrogens with zero attached hydrogens (tertiary/aromatic N) is 2. The second kappa shape index (κ2) is 5.33. The Morgan fingerprint density at radius 3 is 2.76 bits per heavy atom. The smallest absolute Gasteiger partial charge is 0.0596 e. The fourth-order valence-corrected chi connectivity index (χ4v) is 3.48. The number of halogens is 1. The van der Waals surface area contributed by atoms with Crippen molar-refractivity contribution in [3.63, 3.8) is 0 Å². The topological polar surface area (TPSA) is 29.9 Å². The van der Waals surface area contributed by atoms with E-state index in [1.165, 1.54) is 10.6 Å². The second-order valence-electron chi connectivity index (χ2n) is 4.11. The van der Waals surface area contributed by atoms with Crippen LogP contribution in [-0.2, 0) is 13.5 Å². The lowest BCUT2D eigenvalue weighted by Gasteiger charge is -2.14. The lowest BCUT2D eigenvalue weighted by atomic mass is 10.1. The summed E-state index contributed by atoms with van der Waals surface area (Å²) in [6.07, 6.45) is 0.959. The first-order valence-corrected chi connectivity index (χ1v) is 7.18. The number of hydrogen-bond acceptors (Lipinski definition) is 3. The van der Waals surface area contributed by atoms with Crippen molar-refractivity contribution in [3.05, 3.63) is 38.3 Å². The van der Waals surface area contributed by atoms with Gasteiger partial charge in [-0.15, -0.1) is 11.3 Å². The molecule has 0 aliphatic rings. The van der Waals surface area contributed by atoms with Crippen molar-refractivity contribution >= 4 is 27.3 Å². The molecular weight excluding hydrogens is 298 g/mol. The van der Waals surface area contributed by atoms with Crippen molar-refractivity contribution < 1.29 is 0 Å². The third-order valence-corrected chi connectivity index (χ3v) is 4.60. The molecular formula is C12H16BrN3S. The largest absolute Gasteiger partial charge is 0.312 e. The van der Waals surface area contributed by atoms with Crippen LogP contribution in [-0.4, -0.2) is 16.8 Å². The molecule has 0 amide bonds. The molecule has 1 N–H and O–H groups in total. The lowest BCUT2D eigenvalue weighted by Crippen LogP contribution is -2.19. The van der Waals surface area contributed by atoms with Gasteiger partial charge in [-0.2, -0.15) is 5.10 Å². The van der Waals surface area contributed by atoms with Gasteiger partial charge in [0, 0.05) is 39.9 Å². The van der Waals surface area contributed by atoms with Crippen LogP contribution in [0.4, 0.5) is 0 Å². The van der Waals surface area contributed by atoms with Crippen LogP contribution in [0, 0.1) is 6.92 Å². The summed E-state index contributed by atoms with van der Waals surface area (Å²) in [6, 6.07) is 4.67. The molecule has 92 valence electrons. The maximum absolute atomic E-state index is 4.38. The molecule has 0 aliphatic heterocycles. The first kappa shape index (κ1) is 12.8. The van der Waals surface area contributed by atoms with Gasteiger partial charge < -0.3 is 5.32 Å². The molecule has 2 aromatic rings. The number of nitrogens with one attached hydrogen (secondary N) is 1. The Bertz CT molecular complexity index is 504. The molecule has 3 nitrogen and oxygen atoms in total. The van der Waals surface area contributed by atoms with Crippen molar-refractivity contribution in [1.29, 1.82) is 0 Å². The Morgan fingerprint density at radius 2 is 2.29 bits per heavy atom. The Morgan fingerprint density at radius 1 is 1.53 bits per heavy atom. The van der Waals surface area contributed by atoms with E-state index in [2.05, 4.69) is 43.9 Å². The molecule has 1 unspecified atom stereocenters. The lowest BCUT2D eigenvalue weighted by molar-refractivity contribution is 0.569. The number of likely N-dealkylation sites (N-methyl/N-ethyl adjacent to an activating group) is 1. The fourth-order valence-electron chi connectivity index (χ4n) is 1.92. The van der Waals surface area contributed by atoms with E-state index < -0.39 is 0 Å². The van der Waals surface area contributed by atoms with Crippen molar-refractivity contribution in [2.75, 3.05) is 7.05 Å². The minimum atomic E-state index is 0.348. The Labute approximate surface area is 114 Å². The number of hydrogen-bond donors (Lipinski definition) is 1. The number of aromatic nitrogens is 2. The van der Waals surface area contributed by atoms with Crippen molar-refractivity contribution in [1.82, 2.24) is 15.1 Å². The zero-order valence-corrected chi connectivity index (χ0v) is 12.6. The molecule has 1 atom stereocenters. The van der Waals surface area contributed by atoms with Gasteiger partial charge >= 0.3 is 0 Å². The van der Waals surface area contributed by atoms with Gasteiger partial charge in [-0.25, -0.2) is 0 Å². The predicted octanol–water partition coefficient (Wildman–Crippen LogP) is 3.06. The summed E-state index contributed by atoms with van der Waals surface area (Å²) in [6.45, 7) is 2.03. The summed E-state index contributed by atoms with van der Waals surface area (Å²) in [5, 5.41) is 9.86. The SMILES string of the molecule is CNC(Cc1cc(C)nn1C)c1cc(Br)cs1. The van der Waals surface area contributed by atoms with Crippen LogP contribution in [0.5, 0.6) is 0 Å². The molecule has 0 fully saturated rings. The molecule has 0 saturated heterocycles. The zero-order chi connectivity index (χ0) is 12.4. The monoisotopic (exact) mass is 313 g/mol. The third-order valence-electron chi connectivity index (χ3n) is 2.79. The highest BCUT2D eigenvalue weighted by Gasteiger charge is 2.14. The van der Waals surface area contributed by atoms with Crippen molar-refractivity contribution in [2.45, 2.75) is 19.4 Å². The van der Waals surface area contributed by atoms with E-state index in [-0.39, 0.29) is 0 Å². The van der Waals surface area contributed by atoms with Crippen LogP contribution in [0.1, 0.15) is 22.3 Å². The van der Waals surface area contributed by atoms with E-state index in [1.807, 2.05) is 25.7 Å². The highest BCUT2D eigenvalue weighted by molar-refractivity contribution is 9.10. The quantitative estimate of drug-likeness (QED) is 0.940. The van der Waals surface area contributed by atoms with Crippen molar-refractivity contribution in [3.8, 4) is 0 Å². The van der Waals surface area contributed by atoms with E-state index in [4.69, 9.17) is 0 Å².